The number of rotatable bonds is 2. The number of hydrogen-bond donors (Lipinski definition) is 1. The number of ether oxygens (including phenoxy) is 1. The number of fused-ring (bicyclic) bond motifs is 3. The van der Waals surface area contributed by atoms with Crippen LogP contribution in [0.15, 0.2) is 36.4 Å². The van der Waals surface area contributed by atoms with Gasteiger partial charge in [-0.3, -0.25) is 0 Å². The van der Waals surface area contributed by atoms with E-state index >= 15 is 0 Å². The fourth-order valence-electron chi connectivity index (χ4n) is 4.19. The van der Waals surface area contributed by atoms with Crippen molar-refractivity contribution in [3.8, 4) is 0 Å². The first-order valence-electron chi connectivity index (χ1n) is 9.35. The van der Waals surface area contributed by atoms with Crippen LogP contribution in [-0.2, 0) is 17.7 Å². The number of benzene rings is 2. The Balaban J connectivity index is 1.42. The third kappa shape index (κ3) is 2.94. The van der Waals surface area contributed by atoms with Crippen LogP contribution in [0.1, 0.15) is 11.3 Å². The van der Waals surface area contributed by atoms with Crippen molar-refractivity contribution in [2.45, 2.75) is 13.0 Å². The minimum Gasteiger partial charge on any atom is -0.378 e. The summed E-state index contributed by atoms with van der Waals surface area (Å²) >= 11 is 0. The summed E-state index contributed by atoms with van der Waals surface area (Å²) in [6, 6.07) is 10.3. The number of nitrogens with one attached hydrogen (secondary N) is 1. The highest BCUT2D eigenvalue weighted by Gasteiger charge is 2.23. The van der Waals surface area contributed by atoms with Crippen LogP contribution in [0.25, 0.3) is 10.9 Å². The predicted octanol–water partition coefficient (Wildman–Crippen LogP) is 3.85. The average Bonchev–Trinajstić information content (AvgIpc) is 3.05. The first kappa shape index (κ1) is 16.6. The summed E-state index contributed by atoms with van der Waals surface area (Å²) in [5, 5.41) is 0.938. The Morgan fingerprint density at radius 3 is 2.59 bits per heavy atom. The van der Waals surface area contributed by atoms with Gasteiger partial charge in [0, 0.05) is 41.9 Å². The van der Waals surface area contributed by atoms with Gasteiger partial charge in [0.1, 0.15) is 11.6 Å². The molecule has 3 heterocycles. The zero-order valence-corrected chi connectivity index (χ0v) is 15.0. The quantitative estimate of drug-likeness (QED) is 0.745. The normalized spacial score (nSPS) is 17.4. The monoisotopic (exact) mass is 369 g/mol. The second-order valence-corrected chi connectivity index (χ2v) is 7.18. The van der Waals surface area contributed by atoms with E-state index in [4.69, 9.17) is 4.74 Å². The molecule has 0 spiro atoms. The van der Waals surface area contributed by atoms with Gasteiger partial charge < -0.3 is 19.5 Å². The molecular formula is C21H21F2N3O. The molecule has 0 aliphatic carbocycles. The summed E-state index contributed by atoms with van der Waals surface area (Å²) in [6.07, 6.45) is 0.767. The second-order valence-electron chi connectivity index (χ2n) is 7.18. The van der Waals surface area contributed by atoms with Crippen LogP contribution in [0.2, 0.25) is 0 Å². The highest BCUT2D eigenvalue weighted by atomic mass is 19.1. The van der Waals surface area contributed by atoms with Crippen LogP contribution in [-0.4, -0.2) is 37.8 Å². The number of anilines is 2. The highest BCUT2D eigenvalue weighted by Crippen LogP contribution is 2.32. The molecule has 2 aliphatic heterocycles. The molecule has 0 atom stereocenters. The third-order valence-corrected chi connectivity index (χ3v) is 5.59. The van der Waals surface area contributed by atoms with Gasteiger partial charge in [-0.1, -0.05) is 0 Å². The van der Waals surface area contributed by atoms with Gasteiger partial charge in [0.05, 0.1) is 25.4 Å². The topological polar surface area (TPSA) is 31.5 Å². The SMILES string of the molecule is Fc1ccc2[nH]c3c(c2c1)CCN(c1ccc(N2CCOCC2)cc1F)C3. The molecule has 2 aromatic carbocycles. The summed E-state index contributed by atoms with van der Waals surface area (Å²) in [5.74, 6) is -0.430. The minimum atomic E-state index is -0.225. The van der Waals surface area contributed by atoms with Gasteiger partial charge in [0.2, 0.25) is 0 Å². The lowest BCUT2D eigenvalue weighted by Gasteiger charge is -2.31. The molecule has 0 radical (unpaired) electrons. The number of hydrogen-bond acceptors (Lipinski definition) is 3. The van der Waals surface area contributed by atoms with E-state index in [0.717, 1.165) is 47.4 Å². The molecule has 0 saturated carbocycles. The molecule has 1 N–H and O–H groups in total. The van der Waals surface area contributed by atoms with Crippen molar-refractivity contribution in [1.82, 2.24) is 4.98 Å². The number of nitrogens with zero attached hydrogens (tertiary/aromatic N) is 2. The van der Waals surface area contributed by atoms with Crippen molar-refractivity contribution in [1.29, 1.82) is 0 Å². The fraction of sp³-hybridized carbons (Fsp3) is 0.333. The molecule has 3 aromatic rings. The van der Waals surface area contributed by atoms with Crippen LogP contribution < -0.4 is 9.80 Å². The summed E-state index contributed by atoms with van der Waals surface area (Å²) in [7, 11) is 0. The van der Waals surface area contributed by atoms with Crippen molar-refractivity contribution < 1.29 is 13.5 Å². The number of aromatic nitrogens is 1. The molecule has 5 rings (SSSR count). The molecule has 2 aliphatic rings. The summed E-state index contributed by atoms with van der Waals surface area (Å²) in [5.41, 5.74) is 4.64. The van der Waals surface area contributed by atoms with Crippen molar-refractivity contribution in [3.63, 3.8) is 0 Å². The molecule has 0 amide bonds. The van der Waals surface area contributed by atoms with Gasteiger partial charge in [-0.2, -0.15) is 0 Å². The zero-order valence-electron chi connectivity index (χ0n) is 15.0. The Kier molecular flexibility index (Phi) is 4.01. The van der Waals surface area contributed by atoms with Gasteiger partial charge in [-0.05, 0) is 48.4 Å². The van der Waals surface area contributed by atoms with Crippen LogP contribution in [0.5, 0.6) is 0 Å². The highest BCUT2D eigenvalue weighted by molar-refractivity contribution is 5.85. The Bertz CT molecular complexity index is 995. The predicted molar refractivity (Wildman–Crippen MR) is 102 cm³/mol. The Labute approximate surface area is 156 Å². The van der Waals surface area contributed by atoms with Crippen molar-refractivity contribution in [2.24, 2.45) is 0 Å². The van der Waals surface area contributed by atoms with E-state index in [1.165, 1.54) is 6.07 Å². The lowest BCUT2D eigenvalue weighted by molar-refractivity contribution is 0.122. The molecule has 1 saturated heterocycles. The summed E-state index contributed by atoms with van der Waals surface area (Å²) < 4.78 is 33.8. The van der Waals surface area contributed by atoms with E-state index in [1.54, 1.807) is 18.2 Å². The molecule has 4 nitrogen and oxygen atoms in total. The van der Waals surface area contributed by atoms with E-state index in [0.29, 0.717) is 32.0 Å². The van der Waals surface area contributed by atoms with E-state index in [2.05, 4.69) is 9.88 Å². The molecule has 0 unspecified atom stereocenters. The molecule has 1 fully saturated rings. The van der Waals surface area contributed by atoms with Crippen molar-refractivity contribution in [2.75, 3.05) is 42.6 Å². The standard InChI is InChI=1S/C21H21F2N3O/c22-14-1-3-19-17(11-14)16-5-6-26(13-20(16)24-19)21-4-2-15(12-18(21)23)25-7-9-27-10-8-25/h1-4,11-12,24H,5-10,13H2. The molecule has 140 valence electrons. The molecular weight excluding hydrogens is 348 g/mol. The van der Waals surface area contributed by atoms with Crippen molar-refractivity contribution >= 4 is 22.3 Å². The second kappa shape index (κ2) is 6.53. The maximum atomic E-state index is 14.9. The Hall–Kier alpha value is -2.60. The van der Waals surface area contributed by atoms with E-state index in [-0.39, 0.29) is 11.6 Å². The largest absolute Gasteiger partial charge is 0.378 e. The van der Waals surface area contributed by atoms with Crippen LogP contribution in [0.4, 0.5) is 20.2 Å². The number of morpholine rings is 1. The number of halogens is 2. The van der Waals surface area contributed by atoms with Gasteiger partial charge in [0.15, 0.2) is 0 Å². The maximum Gasteiger partial charge on any atom is 0.148 e. The van der Waals surface area contributed by atoms with Gasteiger partial charge >= 0.3 is 0 Å². The third-order valence-electron chi connectivity index (χ3n) is 5.59. The van der Waals surface area contributed by atoms with E-state index in [9.17, 15) is 8.78 Å². The lowest BCUT2D eigenvalue weighted by atomic mass is 10.0. The summed E-state index contributed by atoms with van der Waals surface area (Å²) in [4.78, 5) is 7.57. The Morgan fingerprint density at radius 2 is 1.78 bits per heavy atom. The average molecular weight is 369 g/mol. The van der Waals surface area contributed by atoms with E-state index in [1.807, 2.05) is 17.0 Å². The zero-order chi connectivity index (χ0) is 18.4. The van der Waals surface area contributed by atoms with Crippen LogP contribution in [0, 0.1) is 11.6 Å². The molecule has 6 heteroatoms. The number of H-pyrrole nitrogens is 1. The van der Waals surface area contributed by atoms with Gasteiger partial charge in [0.25, 0.3) is 0 Å². The molecule has 1 aromatic heterocycles. The van der Waals surface area contributed by atoms with Crippen molar-refractivity contribution in [3.05, 3.63) is 59.3 Å². The first-order chi connectivity index (χ1) is 13.2. The smallest absolute Gasteiger partial charge is 0.148 e. The molecule has 0 bridgehead atoms. The van der Waals surface area contributed by atoms with Crippen LogP contribution in [0.3, 0.4) is 0 Å². The fourth-order valence-corrected chi connectivity index (χ4v) is 4.19. The minimum absolute atomic E-state index is 0.204. The van der Waals surface area contributed by atoms with Gasteiger partial charge in [-0.25, -0.2) is 8.78 Å². The summed E-state index contributed by atoms with van der Waals surface area (Å²) in [6.45, 7) is 4.25. The van der Waals surface area contributed by atoms with Gasteiger partial charge in [-0.15, -0.1) is 0 Å². The lowest BCUT2D eigenvalue weighted by Crippen LogP contribution is -2.36. The first-order valence-corrected chi connectivity index (χ1v) is 9.35. The van der Waals surface area contributed by atoms with Crippen LogP contribution >= 0.6 is 0 Å². The number of aromatic amines is 1. The van der Waals surface area contributed by atoms with E-state index < -0.39 is 0 Å². The molecule has 27 heavy (non-hydrogen) atoms. The Morgan fingerprint density at radius 1 is 0.926 bits per heavy atom. The maximum absolute atomic E-state index is 14.9.